The average molecular weight is 331 g/mol. The fourth-order valence-corrected chi connectivity index (χ4v) is 3.60. The van der Waals surface area contributed by atoms with Crippen LogP contribution < -0.4 is 11.1 Å². The molecule has 0 bridgehead atoms. The second kappa shape index (κ2) is 7.12. The zero-order valence-corrected chi connectivity index (χ0v) is 14.2. The summed E-state index contributed by atoms with van der Waals surface area (Å²) >= 11 is 1.77. The Morgan fingerprint density at radius 2 is 2.09 bits per heavy atom. The SMILES string of the molecule is CN(C)C(CNCCn1c(=O)oc2ccccc21)c1cccs1. The number of aromatic nitrogens is 1. The average Bonchev–Trinajstić information content (AvgIpc) is 3.15. The molecule has 122 valence electrons. The number of thiophene rings is 1. The Kier molecular flexibility index (Phi) is 4.95. The van der Waals surface area contributed by atoms with Crippen LogP contribution in [-0.4, -0.2) is 36.7 Å². The van der Waals surface area contributed by atoms with E-state index in [4.69, 9.17) is 4.42 Å². The highest BCUT2D eigenvalue weighted by atomic mass is 32.1. The molecule has 23 heavy (non-hydrogen) atoms. The lowest BCUT2D eigenvalue weighted by atomic mass is 10.2. The van der Waals surface area contributed by atoms with Crippen LogP contribution in [0.15, 0.2) is 51.0 Å². The van der Waals surface area contributed by atoms with E-state index in [0.29, 0.717) is 18.2 Å². The van der Waals surface area contributed by atoms with Gasteiger partial charge < -0.3 is 14.6 Å². The summed E-state index contributed by atoms with van der Waals surface area (Å²) in [4.78, 5) is 15.5. The predicted octanol–water partition coefficient (Wildman–Crippen LogP) is 2.55. The van der Waals surface area contributed by atoms with Gasteiger partial charge in [-0.3, -0.25) is 4.57 Å². The number of nitrogens with one attached hydrogen (secondary N) is 1. The van der Waals surface area contributed by atoms with Crippen molar-refractivity contribution < 1.29 is 4.42 Å². The van der Waals surface area contributed by atoms with Crippen molar-refractivity contribution in [3.05, 3.63) is 57.2 Å². The number of nitrogens with zero attached hydrogens (tertiary/aromatic N) is 2. The molecule has 0 aliphatic carbocycles. The highest BCUT2D eigenvalue weighted by Crippen LogP contribution is 2.22. The maximum absolute atomic E-state index is 11.9. The van der Waals surface area contributed by atoms with E-state index in [1.165, 1.54) is 4.88 Å². The first-order valence-electron chi connectivity index (χ1n) is 7.65. The van der Waals surface area contributed by atoms with Crippen molar-refractivity contribution in [2.45, 2.75) is 12.6 Å². The van der Waals surface area contributed by atoms with Gasteiger partial charge in [0.05, 0.1) is 11.6 Å². The van der Waals surface area contributed by atoms with Gasteiger partial charge in [0.25, 0.3) is 0 Å². The first kappa shape index (κ1) is 16.0. The molecule has 0 radical (unpaired) electrons. The van der Waals surface area contributed by atoms with Gasteiger partial charge in [-0.05, 0) is 37.7 Å². The Hall–Kier alpha value is -1.89. The Bertz CT molecular complexity index is 805. The summed E-state index contributed by atoms with van der Waals surface area (Å²) in [7, 11) is 4.17. The highest BCUT2D eigenvalue weighted by molar-refractivity contribution is 7.10. The largest absolute Gasteiger partial charge is 0.419 e. The number of oxazole rings is 1. The monoisotopic (exact) mass is 331 g/mol. The van der Waals surface area contributed by atoms with E-state index in [1.54, 1.807) is 15.9 Å². The third-order valence-corrected chi connectivity index (χ3v) is 4.89. The second-order valence-corrected chi connectivity index (χ2v) is 6.67. The molecular weight excluding hydrogens is 310 g/mol. The van der Waals surface area contributed by atoms with E-state index in [2.05, 4.69) is 41.8 Å². The van der Waals surface area contributed by atoms with Crippen molar-refractivity contribution >= 4 is 22.4 Å². The Morgan fingerprint density at radius 1 is 1.26 bits per heavy atom. The summed E-state index contributed by atoms with van der Waals surface area (Å²) in [6, 6.07) is 12.1. The number of likely N-dealkylation sites (N-methyl/N-ethyl adjacent to an activating group) is 1. The lowest BCUT2D eigenvalue weighted by molar-refractivity contribution is 0.291. The van der Waals surface area contributed by atoms with Crippen LogP contribution in [0.3, 0.4) is 0 Å². The Morgan fingerprint density at radius 3 is 2.83 bits per heavy atom. The lowest BCUT2D eigenvalue weighted by Crippen LogP contribution is -2.33. The predicted molar refractivity (Wildman–Crippen MR) is 94.1 cm³/mol. The molecular formula is C17H21N3O2S. The van der Waals surface area contributed by atoms with Crippen LogP contribution >= 0.6 is 11.3 Å². The van der Waals surface area contributed by atoms with E-state index < -0.39 is 0 Å². The zero-order chi connectivity index (χ0) is 16.2. The maximum Gasteiger partial charge on any atom is 0.419 e. The van der Waals surface area contributed by atoms with Gasteiger partial charge in [-0.1, -0.05) is 18.2 Å². The fraction of sp³-hybridized carbons (Fsp3) is 0.353. The van der Waals surface area contributed by atoms with E-state index in [1.807, 2.05) is 24.3 Å². The summed E-state index contributed by atoms with van der Waals surface area (Å²) in [5.41, 5.74) is 1.49. The van der Waals surface area contributed by atoms with Crippen LogP contribution in [-0.2, 0) is 6.54 Å². The summed E-state index contributed by atoms with van der Waals surface area (Å²) in [6.45, 7) is 2.16. The third-order valence-electron chi connectivity index (χ3n) is 3.92. The number of para-hydroxylation sites is 2. The van der Waals surface area contributed by atoms with Gasteiger partial charge in [-0.15, -0.1) is 11.3 Å². The smallest absolute Gasteiger partial charge is 0.408 e. The minimum absolute atomic E-state index is 0.296. The molecule has 2 heterocycles. The molecule has 5 nitrogen and oxygen atoms in total. The fourth-order valence-electron chi connectivity index (χ4n) is 2.67. The van der Waals surface area contributed by atoms with E-state index in [0.717, 1.165) is 18.6 Å². The molecule has 1 aromatic carbocycles. The van der Waals surface area contributed by atoms with Crippen molar-refractivity contribution in [1.82, 2.24) is 14.8 Å². The van der Waals surface area contributed by atoms with Crippen molar-refractivity contribution in [2.24, 2.45) is 0 Å². The van der Waals surface area contributed by atoms with Crippen LogP contribution in [0.5, 0.6) is 0 Å². The number of hydrogen-bond acceptors (Lipinski definition) is 5. The molecule has 0 saturated carbocycles. The van der Waals surface area contributed by atoms with Crippen LogP contribution in [0.2, 0.25) is 0 Å². The van der Waals surface area contributed by atoms with Gasteiger partial charge in [0.2, 0.25) is 0 Å². The molecule has 1 unspecified atom stereocenters. The highest BCUT2D eigenvalue weighted by Gasteiger charge is 2.14. The van der Waals surface area contributed by atoms with E-state index in [9.17, 15) is 4.79 Å². The minimum atomic E-state index is -0.296. The molecule has 0 saturated heterocycles. The quantitative estimate of drug-likeness (QED) is 0.676. The molecule has 2 aromatic heterocycles. The van der Waals surface area contributed by atoms with Crippen molar-refractivity contribution in [2.75, 3.05) is 27.2 Å². The summed E-state index contributed by atoms with van der Waals surface area (Å²) in [5.74, 6) is -0.296. The van der Waals surface area contributed by atoms with Crippen molar-refractivity contribution in [1.29, 1.82) is 0 Å². The van der Waals surface area contributed by atoms with Crippen LogP contribution in [0.1, 0.15) is 10.9 Å². The normalized spacial score (nSPS) is 13.0. The van der Waals surface area contributed by atoms with Gasteiger partial charge in [0.15, 0.2) is 5.58 Å². The topological polar surface area (TPSA) is 50.4 Å². The molecule has 3 aromatic rings. The Balaban J connectivity index is 1.60. The number of fused-ring (bicyclic) bond motifs is 1. The van der Waals surface area contributed by atoms with Crippen LogP contribution in [0, 0.1) is 0 Å². The molecule has 6 heteroatoms. The van der Waals surface area contributed by atoms with E-state index >= 15 is 0 Å². The molecule has 0 aliphatic heterocycles. The number of benzene rings is 1. The number of hydrogen-bond donors (Lipinski definition) is 1. The molecule has 0 fully saturated rings. The maximum atomic E-state index is 11.9. The van der Waals surface area contributed by atoms with Gasteiger partial charge >= 0.3 is 5.76 Å². The first-order chi connectivity index (χ1) is 11.2. The number of rotatable bonds is 7. The van der Waals surface area contributed by atoms with Gasteiger partial charge in [-0.25, -0.2) is 4.79 Å². The second-order valence-electron chi connectivity index (χ2n) is 5.69. The molecule has 0 aliphatic rings. The summed E-state index contributed by atoms with van der Waals surface area (Å²) in [6.07, 6.45) is 0. The standard InChI is InChI=1S/C17H21N3O2S/c1-19(2)14(16-8-5-11-23-16)12-18-9-10-20-13-6-3-4-7-15(13)22-17(20)21/h3-8,11,14,18H,9-10,12H2,1-2H3. The van der Waals surface area contributed by atoms with Crippen LogP contribution in [0.4, 0.5) is 0 Å². The van der Waals surface area contributed by atoms with Crippen molar-refractivity contribution in [3.63, 3.8) is 0 Å². The molecule has 1 N–H and O–H groups in total. The van der Waals surface area contributed by atoms with E-state index in [-0.39, 0.29) is 5.76 Å². The Labute approximate surface area is 139 Å². The molecule has 1 atom stereocenters. The third kappa shape index (κ3) is 3.55. The van der Waals surface area contributed by atoms with Gasteiger partial charge in [-0.2, -0.15) is 0 Å². The van der Waals surface area contributed by atoms with Crippen molar-refractivity contribution in [3.8, 4) is 0 Å². The lowest BCUT2D eigenvalue weighted by Gasteiger charge is -2.23. The molecule has 3 rings (SSSR count). The zero-order valence-electron chi connectivity index (χ0n) is 13.4. The summed E-state index contributed by atoms with van der Waals surface area (Å²) < 4.78 is 6.93. The first-order valence-corrected chi connectivity index (χ1v) is 8.53. The minimum Gasteiger partial charge on any atom is -0.408 e. The van der Waals surface area contributed by atoms with Crippen LogP contribution in [0.25, 0.3) is 11.1 Å². The molecule has 0 amide bonds. The summed E-state index contributed by atoms with van der Waals surface area (Å²) in [5, 5.41) is 5.55. The van der Waals surface area contributed by atoms with Gasteiger partial charge in [0, 0.05) is 24.5 Å². The molecule has 0 spiro atoms. The van der Waals surface area contributed by atoms with Gasteiger partial charge in [0.1, 0.15) is 0 Å².